The third-order valence-electron chi connectivity index (χ3n) is 4.62. The number of para-hydroxylation sites is 2. The van der Waals surface area contributed by atoms with Crippen molar-refractivity contribution in [3.63, 3.8) is 0 Å². The summed E-state index contributed by atoms with van der Waals surface area (Å²) in [7, 11) is 0. The van der Waals surface area contributed by atoms with Crippen LogP contribution in [0, 0.1) is 0 Å². The van der Waals surface area contributed by atoms with E-state index in [1.54, 1.807) is 47.4 Å². The third-order valence-corrected chi connectivity index (χ3v) is 7.76. The molecule has 0 atom stereocenters. The fourth-order valence-corrected chi connectivity index (χ4v) is 5.93. The molecular formula is C22H21N5O2S3. The summed E-state index contributed by atoms with van der Waals surface area (Å²) in [5.41, 5.74) is 2.03. The van der Waals surface area contributed by atoms with Gasteiger partial charge in [-0.25, -0.2) is 4.98 Å². The first-order chi connectivity index (χ1) is 15.5. The molecule has 2 aromatic carbocycles. The summed E-state index contributed by atoms with van der Waals surface area (Å²) in [5, 5.41) is 12.1. The van der Waals surface area contributed by atoms with Crippen LogP contribution in [-0.4, -0.2) is 37.2 Å². The highest BCUT2D eigenvalue weighted by atomic mass is 32.2. The van der Waals surface area contributed by atoms with Crippen LogP contribution in [0.3, 0.4) is 0 Å². The number of benzene rings is 2. The standard InChI is InChI=1S/C22H21N5O2S3/c1-3-27-19(12-31-22-24-17-10-6-7-11-18(17)32-22)25-26-21(27)30-13-20(29)23-16-9-5-4-8-15(16)14(2)28/h4-11H,3,12-13H2,1-2H3,(H,23,29). The molecule has 2 heterocycles. The topological polar surface area (TPSA) is 89.8 Å². The maximum Gasteiger partial charge on any atom is 0.234 e. The molecular weight excluding hydrogens is 462 g/mol. The Morgan fingerprint density at radius 2 is 1.84 bits per heavy atom. The van der Waals surface area contributed by atoms with Crippen LogP contribution in [0.4, 0.5) is 5.69 Å². The number of ketones is 1. The highest BCUT2D eigenvalue weighted by Crippen LogP contribution is 2.31. The summed E-state index contributed by atoms with van der Waals surface area (Å²) in [4.78, 5) is 28.8. The molecule has 32 heavy (non-hydrogen) atoms. The number of fused-ring (bicyclic) bond motifs is 1. The summed E-state index contributed by atoms with van der Waals surface area (Å²) < 4.78 is 4.18. The second-order valence-corrected chi connectivity index (χ2v) is 10.0. The average Bonchev–Trinajstić information content (AvgIpc) is 3.39. The van der Waals surface area contributed by atoms with Crippen LogP contribution in [0.1, 0.15) is 30.0 Å². The lowest BCUT2D eigenvalue weighted by Gasteiger charge is -2.09. The zero-order valence-electron chi connectivity index (χ0n) is 17.6. The number of thioether (sulfide) groups is 2. The van der Waals surface area contributed by atoms with Gasteiger partial charge in [0.05, 0.1) is 27.4 Å². The number of anilines is 1. The van der Waals surface area contributed by atoms with Crippen molar-refractivity contribution in [2.45, 2.75) is 35.6 Å². The van der Waals surface area contributed by atoms with E-state index < -0.39 is 0 Å². The predicted octanol–water partition coefficient (Wildman–Crippen LogP) is 5.13. The van der Waals surface area contributed by atoms with E-state index in [-0.39, 0.29) is 17.4 Å². The Bertz CT molecular complexity index is 1230. The van der Waals surface area contributed by atoms with E-state index in [1.807, 2.05) is 29.7 Å². The molecule has 4 rings (SSSR count). The quantitative estimate of drug-likeness (QED) is 0.261. The Kier molecular flexibility index (Phi) is 7.23. The van der Waals surface area contributed by atoms with Crippen LogP contribution < -0.4 is 5.32 Å². The van der Waals surface area contributed by atoms with Crippen LogP contribution in [0.25, 0.3) is 10.2 Å². The van der Waals surface area contributed by atoms with Gasteiger partial charge in [-0.05, 0) is 38.1 Å². The van der Waals surface area contributed by atoms with Crippen molar-refractivity contribution in [1.29, 1.82) is 0 Å². The molecule has 0 radical (unpaired) electrons. The number of rotatable bonds is 9. The first-order valence-corrected chi connectivity index (χ1v) is 12.8. The SMILES string of the molecule is CCn1c(CSc2nc3ccccc3s2)nnc1SCC(=O)Nc1ccccc1C(C)=O. The number of carbonyl (C=O) groups excluding carboxylic acids is 2. The van der Waals surface area contributed by atoms with Gasteiger partial charge < -0.3 is 9.88 Å². The van der Waals surface area contributed by atoms with Crippen molar-refractivity contribution in [2.75, 3.05) is 11.1 Å². The lowest BCUT2D eigenvalue weighted by Crippen LogP contribution is -2.16. The average molecular weight is 484 g/mol. The monoisotopic (exact) mass is 483 g/mol. The van der Waals surface area contributed by atoms with E-state index in [0.29, 0.717) is 28.7 Å². The number of aromatic nitrogens is 4. The molecule has 164 valence electrons. The fourth-order valence-electron chi connectivity index (χ4n) is 3.10. The van der Waals surface area contributed by atoms with Gasteiger partial charge in [-0.15, -0.1) is 21.5 Å². The lowest BCUT2D eigenvalue weighted by atomic mass is 10.1. The van der Waals surface area contributed by atoms with Gasteiger partial charge in [0, 0.05) is 12.1 Å². The number of thiazole rings is 1. The normalized spacial score (nSPS) is 11.1. The molecule has 4 aromatic rings. The highest BCUT2D eigenvalue weighted by Gasteiger charge is 2.15. The Hall–Kier alpha value is -2.69. The van der Waals surface area contributed by atoms with Crippen LogP contribution in [0.15, 0.2) is 58.0 Å². The molecule has 0 aliphatic heterocycles. The number of hydrogen-bond acceptors (Lipinski definition) is 8. The molecule has 0 saturated heterocycles. The largest absolute Gasteiger partial charge is 0.325 e. The van der Waals surface area contributed by atoms with Gasteiger partial charge in [0.25, 0.3) is 0 Å². The highest BCUT2D eigenvalue weighted by molar-refractivity contribution is 8.00. The lowest BCUT2D eigenvalue weighted by molar-refractivity contribution is -0.113. The molecule has 10 heteroatoms. The summed E-state index contributed by atoms with van der Waals surface area (Å²) in [6.07, 6.45) is 0. The zero-order chi connectivity index (χ0) is 22.5. The Labute approximate surface area is 198 Å². The molecule has 0 saturated carbocycles. The van der Waals surface area contributed by atoms with Gasteiger partial charge in [0.15, 0.2) is 15.3 Å². The number of carbonyl (C=O) groups is 2. The minimum atomic E-state index is -0.195. The minimum Gasteiger partial charge on any atom is -0.325 e. The van der Waals surface area contributed by atoms with Crippen molar-refractivity contribution >= 4 is 62.5 Å². The maximum atomic E-state index is 12.5. The number of nitrogens with zero attached hydrogens (tertiary/aromatic N) is 4. The molecule has 0 bridgehead atoms. The van der Waals surface area contributed by atoms with Crippen LogP contribution in [0.5, 0.6) is 0 Å². The Balaban J connectivity index is 1.37. The van der Waals surface area contributed by atoms with E-state index in [4.69, 9.17) is 0 Å². The van der Waals surface area contributed by atoms with Gasteiger partial charge in [-0.1, -0.05) is 47.8 Å². The third kappa shape index (κ3) is 5.20. The number of Topliss-reactive ketones (excluding diaryl/α,β-unsaturated/α-hetero) is 1. The molecule has 0 fully saturated rings. The van der Waals surface area contributed by atoms with Gasteiger partial charge in [0.2, 0.25) is 5.91 Å². The second kappa shape index (κ2) is 10.3. The van der Waals surface area contributed by atoms with E-state index in [9.17, 15) is 9.59 Å². The van der Waals surface area contributed by atoms with Gasteiger partial charge >= 0.3 is 0 Å². The van der Waals surface area contributed by atoms with Crippen molar-refractivity contribution in [1.82, 2.24) is 19.7 Å². The molecule has 0 aliphatic rings. The summed E-state index contributed by atoms with van der Waals surface area (Å²) in [5.74, 6) is 1.39. The Morgan fingerprint density at radius 1 is 1.06 bits per heavy atom. The number of nitrogens with one attached hydrogen (secondary N) is 1. The Morgan fingerprint density at radius 3 is 2.62 bits per heavy atom. The summed E-state index contributed by atoms with van der Waals surface area (Å²) in [6, 6.07) is 15.1. The molecule has 0 unspecified atom stereocenters. The zero-order valence-corrected chi connectivity index (χ0v) is 20.0. The minimum absolute atomic E-state index is 0.0884. The van der Waals surface area contributed by atoms with Crippen molar-refractivity contribution in [3.05, 3.63) is 59.9 Å². The van der Waals surface area contributed by atoms with Crippen molar-refractivity contribution in [2.24, 2.45) is 0 Å². The first kappa shape index (κ1) is 22.5. The second-order valence-electron chi connectivity index (χ2n) is 6.82. The van der Waals surface area contributed by atoms with Crippen molar-refractivity contribution < 1.29 is 9.59 Å². The van der Waals surface area contributed by atoms with Gasteiger partial charge in [-0.3, -0.25) is 9.59 Å². The molecule has 1 amide bonds. The van der Waals surface area contributed by atoms with E-state index in [2.05, 4.69) is 26.6 Å². The summed E-state index contributed by atoms with van der Waals surface area (Å²) in [6.45, 7) is 4.22. The first-order valence-electron chi connectivity index (χ1n) is 9.98. The smallest absolute Gasteiger partial charge is 0.234 e. The molecule has 1 N–H and O–H groups in total. The molecule has 0 spiro atoms. The van der Waals surface area contributed by atoms with E-state index >= 15 is 0 Å². The van der Waals surface area contributed by atoms with Crippen LogP contribution in [-0.2, 0) is 17.1 Å². The maximum absolute atomic E-state index is 12.5. The van der Waals surface area contributed by atoms with Crippen LogP contribution in [0.2, 0.25) is 0 Å². The number of amides is 1. The van der Waals surface area contributed by atoms with E-state index in [1.165, 1.54) is 23.4 Å². The fraction of sp³-hybridized carbons (Fsp3) is 0.227. The summed E-state index contributed by atoms with van der Waals surface area (Å²) >= 11 is 4.63. The van der Waals surface area contributed by atoms with Crippen LogP contribution >= 0.6 is 34.9 Å². The number of hydrogen-bond donors (Lipinski definition) is 1. The van der Waals surface area contributed by atoms with Crippen molar-refractivity contribution in [3.8, 4) is 0 Å². The van der Waals surface area contributed by atoms with Gasteiger partial charge in [0.1, 0.15) is 5.82 Å². The molecule has 0 aliphatic carbocycles. The van der Waals surface area contributed by atoms with E-state index in [0.717, 1.165) is 15.7 Å². The van der Waals surface area contributed by atoms with Gasteiger partial charge in [-0.2, -0.15) is 0 Å². The molecule has 2 aromatic heterocycles. The predicted molar refractivity (Wildman–Crippen MR) is 131 cm³/mol. The molecule has 7 nitrogen and oxygen atoms in total.